The Morgan fingerprint density at radius 3 is 3.08 bits per heavy atom. The molecule has 132 valence electrons. The number of carbonyl (C=O) groups excluding carboxylic acids is 2. The molecule has 3 heterocycles. The molecule has 0 aliphatic carbocycles. The van der Waals surface area contributed by atoms with Gasteiger partial charge in [0.15, 0.2) is 0 Å². The highest BCUT2D eigenvalue weighted by molar-refractivity contribution is 6.02. The number of benzene rings is 1. The number of hydrogen-bond acceptors (Lipinski definition) is 3. The highest BCUT2D eigenvalue weighted by Crippen LogP contribution is 2.28. The van der Waals surface area contributed by atoms with E-state index in [9.17, 15) is 9.59 Å². The number of hydrogen-bond donors (Lipinski definition) is 3. The van der Waals surface area contributed by atoms with Crippen molar-refractivity contribution in [3.05, 3.63) is 35.0 Å². The number of fused-ring (bicyclic) bond motifs is 3. The molecule has 6 nitrogen and oxygen atoms in total. The van der Waals surface area contributed by atoms with Crippen LogP contribution in [0.4, 0.5) is 0 Å². The summed E-state index contributed by atoms with van der Waals surface area (Å²) >= 11 is 0. The molecule has 0 bridgehead atoms. The Balaban J connectivity index is 1.48. The summed E-state index contributed by atoms with van der Waals surface area (Å²) in [7, 11) is 2.05. The third kappa shape index (κ3) is 3.02. The van der Waals surface area contributed by atoms with Crippen LogP contribution < -0.4 is 10.6 Å². The topological polar surface area (TPSA) is 77.2 Å². The maximum atomic E-state index is 12.3. The van der Waals surface area contributed by atoms with E-state index < -0.39 is 0 Å². The van der Waals surface area contributed by atoms with Crippen LogP contribution in [0.15, 0.2) is 18.3 Å². The van der Waals surface area contributed by atoms with E-state index in [2.05, 4.69) is 27.6 Å². The second kappa shape index (κ2) is 6.52. The molecule has 2 aliphatic rings. The van der Waals surface area contributed by atoms with Crippen molar-refractivity contribution in [3.8, 4) is 0 Å². The average molecular weight is 340 g/mol. The van der Waals surface area contributed by atoms with Gasteiger partial charge in [0.25, 0.3) is 5.91 Å². The fraction of sp³-hybridized carbons (Fsp3) is 0.474. The van der Waals surface area contributed by atoms with E-state index in [1.54, 1.807) is 0 Å². The standard InChI is InChI=1S/C19H24N4O2/c1-23-9-6-13(11-23)18(24)20-7-4-12-10-22-16-3-2-15-14(17(12)16)5-8-21-19(15)25/h2-3,10,13,22H,4-9,11H2,1H3,(H,20,24)(H,21,25). The largest absolute Gasteiger partial charge is 0.361 e. The van der Waals surface area contributed by atoms with E-state index in [1.165, 1.54) is 5.56 Å². The van der Waals surface area contributed by atoms with Crippen LogP contribution in [0.5, 0.6) is 0 Å². The Hall–Kier alpha value is -2.34. The summed E-state index contributed by atoms with van der Waals surface area (Å²) in [5.41, 5.74) is 4.14. The molecule has 0 spiro atoms. The van der Waals surface area contributed by atoms with Gasteiger partial charge in [-0.2, -0.15) is 0 Å². The van der Waals surface area contributed by atoms with Crippen molar-refractivity contribution in [1.29, 1.82) is 0 Å². The number of nitrogens with one attached hydrogen (secondary N) is 3. The van der Waals surface area contributed by atoms with Gasteiger partial charge in [-0.05, 0) is 56.1 Å². The number of aromatic amines is 1. The lowest BCUT2D eigenvalue weighted by atomic mass is 9.94. The molecule has 1 aromatic carbocycles. The van der Waals surface area contributed by atoms with E-state index in [1.807, 2.05) is 18.3 Å². The molecule has 6 heteroatoms. The van der Waals surface area contributed by atoms with Gasteiger partial charge in [-0.25, -0.2) is 0 Å². The molecule has 2 aromatic rings. The zero-order valence-electron chi connectivity index (χ0n) is 14.5. The van der Waals surface area contributed by atoms with Crippen LogP contribution in [0, 0.1) is 5.92 Å². The van der Waals surface area contributed by atoms with Crippen molar-refractivity contribution < 1.29 is 9.59 Å². The van der Waals surface area contributed by atoms with E-state index in [4.69, 9.17) is 0 Å². The van der Waals surface area contributed by atoms with Gasteiger partial charge in [-0.3, -0.25) is 9.59 Å². The predicted octanol–water partition coefficient (Wildman–Crippen LogP) is 1.06. The van der Waals surface area contributed by atoms with Crippen LogP contribution in [0.3, 0.4) is 0 Å². The third-order valence-electron chi connectivity index (χ3n) is 5.40. The molecule has 3 N–H and O–H groups in total. The molecular formula is C19H24N4O2. The molecule has 1 aromatic heterocycles. The molecule has 4 rings (SSSR count). The van der Waals surface area contributed by atoms with Crippen molar-refractivity contribution in [2.24, 2.45) is 5.92 Å². The Morgan fingerprint density at radius 2 is 2.28 bits per heavy atom. The molecule has 1 fully saturated rings. The lowest BCUT2D eigenvalue weighted by Gasteiger charge is -2.18. The maximum absolute atomic E-state index is 12.3. The van der Waals surface area contributed by atoms with Crippen LogP contribution in [0.1, 0.15) is 27.9 Å². The first-order valence-electron chi connectivity index (χ1n) is 9.00. The average Bonchev–Trinajstić information content (AvgIpc) is 3.22. The normalized spacial score (nSPS) is 20.5. The summed E-state index contributed by atoms with van der Waals surface area (Å²) in [6.45, 7) is 3.15. The Kier molecular flexibility index (Phi) is 4.21. The van der Waals surface area contributed by atoms with Crippen LogP contribution >= 0.6 is 0 Å². The molecule has 25 heavy (non-hydrogen) atoms. The maximum Gasteiger partial charge on any atom is 0.251 e. The predicted molar refractivity (Wildman–Crippen MR) is 96.7 cm³/mol. The van der Waals surface area contributed by atoms with Crippen LogP contribution in [-0.2, 0) is 17.6 Å². The number of amides is 2. The van der Waals surface area contributed by atoms with E-state index in [0.717, 1.165) is 54.4 Å². The van der Waals surface area contributed by atoms with Crippen LogP contribution in [-0.4, -0.2) is 54.9 Å². The van der Waals surface area contributed by atoms with Crippen molar-refractivity contribution in [2.75, 3.05) is 33.2 Å². The van der Waals surface area contributed by atoms with Crippen LogP contribution in [0.25, 0.3) is 10.9 Å². The molecule has 1 atom stereocenters. The van der Waals surface area contributed by atoms with Gasteiger partial charge in [-0.15, -0.1) is 0 Å². The van der Waals surface area contributed by atoms with Gasteiger partial charge in [0.05, 0.1) is 5.92 Å². The highest BCUT2D eigenvalue weighted by atomic mass is 16.2. The molecule has 2 amide bonds. The van der Waals surface area contributed by atoms with Gasteiger partial charge in [0, 0.05) is 42.3 Å². The zero-order valence-corrected chi connectivity index (χ0v) is 14.5. The molecule has 0 saturated carbocycles. The minimum Gasteiger partial charge on any atom is -0.361 e. The lowest BCUT2D eigenvalue weighted by molar-refractivity contribution is -0.124. The summed E-state index contributed by atoms with van der Waals surface area (Å²) in [5, 5.41) is 7.13. The molecule has 2 aliphatic heterocycles. The summed E-state index contributed by atoms with van der Waals surface area (Å²) in [6, 6.07) is 3.86. The second-order valence-electron chi connectivity index (χ2n) is 7.12. The first-order chi connectivity index (χ1) is 12.1. The monoisotopic (exact) mass is 340 g/mol. The van der Waals surface area contributed by atoms with Crippen LogP contribution in [0.2, 0.25) is 0 Å². The molecule has 0 radical (unpaired) electrons. The summed E-state index contributed by atoms with van der Waals surface area (Å²) in [5.74, 6) is 0.281. The molecule has 1 unspecified atom stereocenters. The van der Waals surface area contributed by atoms with Gasteiger partial charge in [0.1, 0.15) is 0 Å². The van der Waals surface area contributed by atoms with Crippen molar-refractivity contribution >= 4 is 22.7 Å². The van der Waals surface area contributed by atoms with E-state index in [-0.39, 0.29) is 17.7 Å². The van der Waals surface area contributed by atoms with Gasteiger partial charge in [-0.1, -0.05) is 0 Å². The summed E-state index contributed by atoms with van der Waals surface area (Å²) in [4.78, 5) is 29.8. The minimum atomic E-state index is 0.00829. The number of aromatic nitrogens is 1. The fourth-order valence-corrected chi connectivity index (χ4v) is 4.05. The Bertz CT molecular complexity index is 826. The summed E-state index contributed by atoms with van der Waals surface area (Å²) < 4.78 is 0. The first-order valence-corrected chi connectivity index (χ1v) is 9.00. The Morgan fingerprint density at radius 1 is 1.40 bits per heavy atom. The highest BCUT2D eigenvalue weighted by Gasteiger charge is 2.26. The van der Waals surface area contributed by atoms with Crippen molar-refractivity contribution in [2.45, 2.75) is 19.3 Å². The molecular weight excluding hydrogens is 316 g/mol. The van der Waals surface area contributed by atoms with E-state index >= 15 is 0 Å². The third-order valence-corrected chi connectivity index (χ3v) is 5.40. The first kappa shape index (κ1) is 16.1. The zero-order chi connectivity index (χ0) is 17.4. The quantitative estimate of drug-likeness (QED) is 0.779. The number of likely N-dealkylation sites (tertiary alicyclic amines) is 1. The van der Waals surface area contributed by atoms with Gasteiger partial charge >= 0.3 is 0 Å². The number of nitrogens with zero attached hydrogens (tertiary/aromatic N) is 1. The fourth-order valence-electron chi connectivity index (χ4n) is 4.05. The number of H-pyrrole nitrogens is 1. The second-order valence-corrected chi connectivity index (χ2v) is 7.12. The minimum absolute atomic E-state index is 0.00829. The lowest BCUT2D eigenvalue weighted by Crippen LogP contribution is -2.33. The van der Waals surface area contributed by atoms with E-state index in [0.29, 0.717) is 13.1 Å². The molecule has 1 saturated heterocycles. The summed E-state index contributed by atoms with van der Waals surface area (Å²) in [6.07, 6.45) is 4.57. The SMILES string of the molecule is CN1CCC(C(=O)NCCc2c[nH]c3ccc4c(c23)CCNC4=O)C1. The van der Waals surface area contributed by atoms with Crippen molar-refractivity contribution in [1.82, 2.24) is 20.5 Å². The Labute approximate surface area is 147 Å². The van der Waals surface area contributed by atoms with Gasteiger partial charge in [0.2, 0.25) is 5.91 Å². The number of carbonyl (C=O) groups is 2. The van der Waals surface area contributed by atoms with Gasteiger partial charge < -0.3 is 20.5 Å². The number of rotatable bonds is 4. The smallest absolute Gasteiger partial charge is 0.251 e. The van der Waals surface area contributed by atoms with Crippen molar-refractivity contribution in [3.63, 3.8) is 0 Å².